The van der Waals surface area contributed by atoms with Crippen LogP contribution >= 0.6 is 0 Å². The molecule has 6 nitrogen and oxygen atoms in total. The lowest BCUT2D eigenvalue weighted by molar-refractivity contribution is 0.0965. The number of aromatic nitrogens is 3. The van der Waals surface area contributed by atoms with Gasteiger partial charge in [0.25, 0.3) is 5.91 Å². The van der Waals surface area contributed by atoms with Crippen LogP contribution in [0.2, 0.25) is 0 Å². The molecule has 166 valence electrons. The average molecular weight is 445 g/mol. The second-order valence-electron chi connectivity index (χ2n) is 8.37. The minimum absolute atomic E-state index is 0.164. The number of nitrogens with one attached hydrogen (secondary N) is 2. The van der Waals surface area contributed by atoms with Gasteiger partial charge >= 0.3 is 0 Å². The van der Waals surface area contributed by atoms with Crippen molar-refractivity contribution >= 4 is 28.3 Å². The average Bonchev–Trinajstić information content (AvgIpc) is 3.47. The van der Waals surface area contributed by atoms with E-state index in [0.29, 0.717) is 34.4 Å². The molecule has 0 saturated carbocycles. The number of rotatable bonds is 4. The molecule has 0 spiro atoms. The van der Waals surface area contributed by atoms with E-state index >= 15 is 0 Å². The van der Waals surface area contributed by atoms with Gasteiger partial charge in [0.2, 0.25) is 0 Å². The highest BCUT2D eigenvalue weighted by atomic mass is 19.1. The van der Waals surface area contributed by atoms with Crippen LogP contribution in [0.1, 0.15) is 34.0 Å². The molecule has 0 aliphatic carbocycles. The molecule has 0 unspecified atom stereocenters. The molecule has 0 atom stereocenters. The highest BCUT2D eigenvalue weighted by Gasteiger charge is 2.27. The Balaban J connectivity index is 1.37. The Hall–Kier alpha value is -3.94. The highest BCUT2D eigenvalue weighted by molar-refractivity contribution is 6.02. The summed E-state index contributed by atoms with van der Waals surface area (Å²) < 4.78 is 32.2. The number of hydrogen-bond acceptors (Lipinski definition) is 3. The topological polar surface area (TPSA) is 63.9 Å². The summed E-state index contributed by atoms with van der Waals surface area (Å²) in [5.41, 5.74) is 2.90. The Bertz CT molecular complexity index is 1450. The van der Waals surface area contributed by atoms with E-state index in [9.17, 15) is 13.6 Å². The number of imidazole rings is 1. The van der Waals surface area contributed by atoms with E-state index in [1.165, 1.54) is 18.2 Å². The first kappa shape index (κ1) is 19.7. The predicted molar refractivity (Wildman–Crippen MR) is 122 cm³/mol. The lowest BCUT2D eigenvalue weighted by Crippen LogP contribution is -2.25. The van der Waals surface area contributed by atoms with Crippen LogP contribution in [-0.2, 0) is 19.5 Å². The third kappa shape index (κ3) is 3.29. The molecule has 2 aliphatic rings. The number of amides is 1. The van der Waals surface area contributed by atoms with Crippen molar-refractivity contribution < 1.29 is 13.6 Å². The van der Waals surface area contributed by atoms with Crippen molar-refractivity contribution in [1.29, 1.82) is 0 Å². The fourth-order valence-corrected chi connectivity index (χ4v) is 4.74. The van der Waals surface area contributed by atoms with E-state index in [0.717, 1.165) is 36.7 Å². The Morgan fingerprint density at radius 3 is 2.91 bits per heavy atom. The van der Waals surface area contributed by atoms with Gasteiger partial charge in [-0.1, -0.05) is 24.3 Å². The minimum Gasteiger partial charge on any atom is -0.370 e. The van der Waals surface area contributed by atoms with Crippen molar-refractivity contribution in [3.8, 4) is 0 Å². The van der Waals surface area contributed by atoms with Crippen molar-refractivity contribution in [2.24, 2.45) is 0 Å². The van der Waals surface area contributed by atoms with E-state index in [2.05, 4.69) is 15.2 Å². The van der Waals surface area contributed by atoms with Gasteiger partial charge in [0.05, 0.1) is 16.9 Å². The summed E-state index contributed by atoms with van der Waals surface area (Å²) >= 11 is 0. The van der Waals surface area contributed by atoms with Crippen molar-refractivity contribution in [2.45, 2.75) is 25.9 Å². The van der Waals surface area contributed by atoms with Gasteiger partial charge in [0.1, 0.15) is 23.1 Å². The number of para-hydroxylation sites is 1. The monoisotopic (exact) mass is 445 g/mol. The number of nitrogens with zero attached hydrogens (tertiary/aromatic N) is 3. The summed E-state index contributed by atoms with van der Waals surface area (Å²) in [6.07, 6.45) is 3.86. The number of allylic oxidation sites excluding steroid dienone is 1. The van der Waals surface area contributed by atoms with Crippen LogP contribution in [0.5, 0.6) is 0 Å². The number of anilines is 1. The molecule has 33 heavy (non-hydrogen) atoms. The minimum atomic E-state index is -0.433. The fourth-order valence-electron chi connectivity index (χ4n) is 4.74. The maximum Gasteiger partial charge on any atom is 0.272 e. The summed E-state index contributed by atoms with van der Waals surface area (Å²) in [5, 5.41) is 6.97. The summed E-state index contributed by atoms with van der Waals surface area (Å²) in [4.78, 5) is 18.1. The molecule has 2 aromatic heterocycles. The van der Waals surface area contributed by atoms with Gasteiger partial charge in [-0.25, -0.2) is 13.8 Å². The van der Waals surface area contributed by atoms with Crippen molar-refractivity contribution in [1.82, 2.24) is 19.4 Å². The number of carbonyl (C=O) groups excluding carboxylic acids is 1. The molecule has 0 saturated heterocycles. The van der Waals surface area contributed by atoms with Crippen molar-refractivity contribution in [3.05, 3.63) is 89.0 Å². The van der Waals surface area contributed by atoms with Gasteiger partial charge in [0, 0.05) is 25.0 Å². The number of aryl methyl sites for hydroxylation is 1. The van der Waals surface area contributed by atoms with Crippen molar-refractivity contribution in [2.75, 3.05) is 11.9 Å². The Labute approximate surface area is 188 Å². The van der Waals surface area contributed by atoms with Gasteiger partial charge in [-0.3, -0.25) is 4.79 Å². The molecule has 0 fully saturated rings. The summed E-state index contributed by atoms with van der Waals surface area (Å²) in [6.45, 7) is 1.70. The number of halogens is 2. The van der Waals surface area contributed by atoms with Gasteiger partial charge in [-0.05, 0) is 48.7 Å². The van der Waals surface area contributed by atoms with Gasteiger partial charge in [-0.15, -0.1) is 0 Å². The first-order valence-electron chi connectivity index (χ1n) is 11.0. The zero-order valence-electron chi connectivity index (χ0n) is 17.7. The maximum atomic E-state index is 14.8. The summed E-state index contributed by atoms with van der Waals surface area (Å²) in [5.74, 6) is 0.560. The SMILES string of the molecule is O=C(NC1=CCn2c1nc1c2NCCC1)c1cc2cccc(F)c2n1Cc1cccc(F)c1. The van der Waals surface area contributed by atoms with E-state index < -0.39 is 5.82 Å². The molecule has 8 heteroatoms. The second kappa shape index (κ2) is 7.58. The van der Waals surface area contributed by atoms with E-state index in [1.54, 1.807) is 34.9 Å². The lowest BCUT2D eigenvalue weighted by Gasteiger charge is -2.14. The van der Waals surface area contributed by atoms with E-state index in [1.807, 2.05) is 6.08 Å². The molecule has 2 aliphatic heterocycles. The van der Waals surface area contributed by atoms with Crippen LogP contribution in [0.15, 0.2) is 54.6 Å². The van der Waals surface area contributed by atoms with Gasteiger partial charge in [-0.2, -0.15) is 0 Å². The van der Waals surface area contributed by atoms with E-state index in [-0.39, 0.29) is 18.3 Å². The molecular weight excluding hydrogens is 424 g/mol. The second-order valence-corrected chi connectivity index (χ2v) is 8.37. The van der Waals surface area contributed by atoms with Crippen LogP contribution in [0.4, 0.5) is 14.6 Å². The third-order valence-electron chi connectivity index (χ3n) is 6.22. The Morgan fingerprint density at radius 1 is 1.15 bits per heavy atom. The molecule has 4 heterocycles. The molecule has 1 amide bonds. The molecule has 4 aromatic rings. The predicted octanol–water partition coefficient (Wildman–Crippen LogP) is 4.31. The standard InChI is InChI=1S/C25H21F2N5O/c26-17-6-1-4-15(12-17)14-32-21(13-16-5-2-7-18(27)22(16)32)25(33)30-20-9-11-31-23-19(29-24(20)31)8-3-10-28-23/h1-2,4-7,9,12-13,28H,3,8,10-11,14H2,(H,30,33). The highest BCUT2D eigenvalue weighted by Crippen LogP contribution is 2.31. The van der Waals surface area contributed by atoms with Crippen LogP contribution in [0, 0.1) is 11.6 Å². The number of hydrogen-bond donors (Lipinski definition) is 2. The zero-order valence-corrected chi connectivity index (χ0v) is 17.7. The van der Waals surface area contributed by atoms with Crippen LogP contribution in [0.3, 0.4) is 0 Å². The fraction of sp³-hybridized carbons (Fsp3) is 0.200. The molecular formula is C25H21F2N5O. The number of benzene rings is 2. The normalized spacial score (nSPS) is 14.5. The van der Waals surface area contributed by atoms with Crippen LogP contribution in [-0.4, -0.2) is 26.6 Å². The smallest absolute Gasteiger partial charge is 0.272 e. The quantitative estimate of drug-likeness (QED) is 0.492. The van der Waals surface area contributed by atoms with Crippen molar-refractivity contribution in [3.63, 3.8) is 0 Å². The van der Waals surface area contributed by atoms with Gasteiger partial charge in [0.15, 0.2) is 5.82 Å². The molecule has 2 aromatic carbocycles. The van der Waals surface area contributed by atoms with Crippen LogP contribution < -0.4 is 10.6 Å². The Kier molecular flexibility index (Phi) is 4.53. The molecule has 2 N–H and O–H groups in total. The summed E-state index contributed by atoms with van der Waals surface area (Å²) in [7, 11) is 0. The molecule has 0 bridgehead atoms. The maximum absolute atomic E-state index is 14.8. The largest absolute Gasteiger partial charge is 0.370 e. The third-order valence-corrected chi connectivity index (χ3v) is 6.22. The molecule has 0 radical (unpaired) electrons. The summed E-state index contributed by atoms with van der Waals surface area (Å²) in [6, 6.07) is 12.5. The van der Waals surface area contributed by atoms with Crippen LogP contribution in [0.25, 0.3) is 16.6 Å². The number of carbonyl (C=O) groups is 1. The Morgan fingerprint density at radius 2 is 2.03 bits per heavy atom. The zero-order chi connectivity index (χ0) is 22.5. The van der Waals surface area contributed by atoms with Gasteiger partial charge < -0.3 is 19.8 Å². The van der Waals surface area contributed by atoms with E-state index in [4.69, 9.17) is 4.98 Å². The first-order chi connectivity index (χ1) is 16.1. The lowest BCUT2D eigenvalue weighted by atomic mass is 10.2. The number of fused-ring (bicyclic) bond motifs is 4. The molecule has 6 rings (SSSR count). The first-order valence-corrected chi connectivity index (χ1v) is 11.0.